The summed E-state index contributed by atoms with van der Waals surface area (Å²) in [5, 5.41) is 18.9. The van der Waals surface area contributed by atoms with Crippen LogP contribution < -0.4 is 10.6 Å². The predicted molar refractivity (Wildman–Crippen MR) is 90.9 cm³/mol. The first-order valence-electron chi connectivity index (χ1n) is 8.05. The molecule has 1 amide bonds. The third kappa shape index (κ3) is 2.92. The fraction of sp³-hybridized carbons (Fsp3) is 0.294. The van der Waals surface area contributed by atoms with Gasteiger partial charge < -0.3 is 10.6 Å². The minimum Gasteiger partial charge on any atom is -0.357 e. The molecule has 2 heterocycles. The average molecular weight is 322 g/mol. The van der Waals surface area contributed by atoms with Gasteiger partial charge in [-0.1, -0.05) is 18.2 Å². The van der Waals surface area contributed by atoms with Crippen LogP contribution in [0.5, 0.6) is 0 Å². The molecule has 3 aromatic rings. The number of carbonyl (C=O) groups is 1. The van der Waals surface area contributed by atoms with Crippen LogP contribution in [-0.4, -0.2) is 31.8 Å². The molecule has 0 bridgehead atoms. The normalized spacial score (nSPS) is 15.2. The second-order valence-electron chi connectivity index (χ2n) is 6.04. The van der Waals surface area contributed by atoms with Crippen LogP contribution >= 0.6 is 0 Å². The largest absolute Gasteiger partial charge is 0.357 e. The van der Waals surface area contributed by atoms with E-state index in [9.17, 15) is 4.79 Å². The molecule has 0 aliphatic heterocycles. The average Bonchev–Trinajstić information content (AvgIpc) is 3.35. The number of amides is 1. The van der Waals surface area contributed by atoms with Crippen LogP contribution in [0.15, 0.2) is 42.5 Å². The molecule has 1 atom stereocenters. The number of rotatable bonds is 5. The Kier molecular flexibility index (Phi) is 3.60. The highest BCUT2D eigenvalue weighted by Crippen LogP contribution is 2.38. The topological polar surface area (TPSA) is 84.2 Å². The number of aromatic nitrogens is 4. The highest BCUT2D eigenvalue weighted by Gasteiger charge is 2.29. The first-order valence-corrected chi connectivity index (χ1v) is 8.05. The van der Waals surface area contributed by atoms with E-state index in [1.54, 1.807) is 11.4 Å². The Hall–Kier alpha value is -2.96. The lowest BCUT2D eigenvalue weighted by molar-refractivity contribution is -0.116. The standard InChI is InChI=1S/C17H18N6O/c1-11(17(24)19-13-5-3-2-4-6-13)18-14-9-10-15-20-21-16(12-7-8-12)23(15)22-14/h2-6,9-12H,7-8H2,1H3,(H,18,22)(H,19,24). The van der Waals surface area contributed by atoms with Gasteiger partial charge >= 0.3 is 0 Å². The third-order valence-electron chi connectivity index (χ3n) is 4.03. The zero-order chi connectivity index (χ0) is 16.5. The molecule has 1 aliphatic carbocycles. The van der Waals surface area contributed by atoms with Crippen molar-refractivity contribution in [2.24, 2.45) is 0 Å². The van der Waals surface area contributed by atoms with E-state index in [2.05, 4.69) is 25.9 Å². The Morgan fingerprint density at radius 1 is 1.17 bits per heavy atom. The smallest absolute Gasteiger partial charge is 0.246 e. The molecule has 2 aromatic heterocycles. The lowest BCUT2D eigenvalue weighted by Gasteiger charge is -2.14. The van der Waals surface area contributed by atoms with E-state index in [-0.39, 0.29) is 5.91 Å². The molecule has 122 valence electrons. The van der Waals surface area contributed by atoms with Crippen molar-refractivity contribution in [2.75, 3.05) is 10.6 Å². The summed E-state index contributed by atoms with van der Waals surface area (Å²) in [6.07, 6.45) is 2.27. The number of fused-ring (bicyclic) bond motifs is 1. The van der Waals surface area contributed by atoms with Crippen molar-refractivity contribution < 1.29 is 4.79 Å². The van der Waals surface area contributed by atoms with Crippen LogP contribution in [0, 0.1) is 0 Å². The number of anilines is 2. The van der Waals surface area contributed by atoms with Gasteiger partial charge in [0.2, 0.25) is 5.91 Å². The minimum absolute atomic E-state index is 0.116. The predicted octanol–water partition coefficient (Wildman–Crippen LogP) is 2.44. The molecule has 1 aromatic carbocycles. The van der Waals surface area contributed by atoms with E-state index in [1.165, 1.54) is 0 Å². The van der Waals surface area contributed by atoms with E-state index in [0.717, 1.165) is 30.0 Å². The molecule has 1 aliphatic rings. The van der Waals surface area contributed by atoms with Crippen LogP contribution in [0.25, 0.3) is 5.65 Å². The lowest BCUT2D eigenvalue weighted by atomic mass is 10.2. The molecule has 1 unspecified atom stereocenters. The van der Waals surface area contributed by atoms with Crippen LogP contribution in [0.2, 0.25) is 0 Å². The molecule has 1 fully saturated rings. The van der Waals surface area contributed by atoms with E-state index >= 15 is 0 Å². The summed E-state index contributed by atoms with van der Waals surface area (Å²) in [6.45, 7) is 1.80. The quantitative estimate of drug-likeness (QED) is 0.754. The summed E-state index contributed by atoms with van der Waals surface area (Å²) in [4.78, 5) is 12.3. The molecule has 0 saturated heterocycles. The van der Waals surface area contributed by atoms with Gasteiger partial charge in [-0.3, -0.25) is 4.79 Å². The Morgan fingerprint density at radius 3 is 2.71 bits per heavy atom. The maximum absolute atomic E-state index is 12.3. The van der Waals surface area contributed by atoms with E-state index in [4.69, 9.17) is 0 Å². The molecular weight excluding hydrogens is 304 g/mol. The molecular formula is C17H18N6O. The monoisotopic (exact) mass is 322 g/mol. The van der Waals surface area contributed by atoms with Crippen molar-refractivity contribution in [1.82, 2.24) is 19.8 Å². The summed E-state index contributed by atoms with van der Waals surface area (Å²) in [5.41, 5.74) is 1.50. The van der Waals surface area contributed by atoms with Crippen molar-refractivity contribution in [3.8, 4) is 0 Å². The first kappa shape index (κ1) is 14.6. The van der Waals surface area contributed by atoms with Gasteiger partial charge in [0.25, 0.3) is 0 Å². The fourth-order valence-corrected chi connectivity index (χ4v) is 2.54. The molecule has 1 saturated carbocycles. The van der Waals surface area contributed by atoms with Crippen molar-refractivity contribution in [3.63, 3.8) is 0 Å². The number of hydrogen-bond acceptors (Lipinski definition) is 5. The fourth-order valence-electron chi connectivity index (χ4n) is 2.54. The maximum Gasteiger partial charge on any atom is 0.246 e. The highest BCUT2D eigenvalue weighted by atomic mass is 16.2. The summed E-state index contributed by atoms with van der Waals surface area (Å²) >= 11 is 0. The second-order valence-corrected chi connectivity index (χ2v) is 6.04. The Balaban J connectivity index is 1.48. The van der Waals surface area contributed by atoms with Gasteiger partial charge in [-0.25, -0.2) is 0 Å². The van der Waals surface area contributed by atoms with Gasteiger partial charge in [-0.2, -0.15) is 4.52 Å². The molecule has 2 N–H and O–H groups in total. The zero-order valence-corrected chi connectivity index (χ0v) is 13.3. The molecule has 24 heavy (non-hydrogen) atoms. The minimum atomic E-state index is -0.420. The van der Waals surface area contributed by atoms with Gasteiger partial charge in [0.15, 0.2) is 11.5 Å². The number of hydrogen-bond donors (Lipinski definition) is 2. The summed E-state index contributed by atoms with van der Waals surface area (Å²) in [5.74, 6) is 1.87. The van der Waals surface area contributed by atoms with E-state index in [1.807, 2.05) is 42.5 Å². The number of carbonyl (C=O) groups excluding carboxylic acids is 1. The van der Waals surface area contributed by atoms with Crippen LogP contribution in [0.1, 0.15) is 31.5 Å². The lowest BCUT2D eigenvalue weighted by Crippen LogP contribution is -2.32. The molecule has 0 radical (unpaired) electrons. The number of nitrogens with zero attached hydrogens (tertiary/aromatic N) is 4. The number of benzene rings is 1. The van der Waals surface area contributed by atoms with Gasteiger partial charge in [0.05, 0.1) is 0 Å². The van der Waals surface area contributed by atoms with Crippen molar-refractivity contribution in [1.29, 1.82) is 0 Å². The maximum atomic E-state index is 12.3. The summed E-state index contributed by atoms with van der Waals surface area (Å²) < 4.78 is 1.77. The Bertz CT molecular complexity index is 871. The van der Waals surface area contributed by atoms with Crippen LogP contribution in [0.3, 0.4) is 0 Å². The van der Waals surface area contributed by atoms with E-state index < -0.39 is 6.04 Å². The molecule has 4 rings (SSSR count). The number of nitrogens with one attached hydrogen (secondary N) is 2. The van der Waals surface area contributed by atoms with Crippen LogP contribution in [-0.2, 0) is 4.79 Å². The summed E-state index contributed by atoms with van der Waals surface area (Å²) in [7, 11) is 0. The van der Waals surface area contributed by atoms with Gasteiger partial charge in [-0.15, -0.1) is 15.3 Å². The molecule has 7 heteroatoms. The second kappa shape index (κ2) is 5.92. The van der Waals surface area contributed by atoms with Gasteiger partial charge in [-0.05, 0) is 44.0 Å². The Labute approximate surface area is 139 Å². The third-order valence-corrected chi connectivity index (χ3v) is 4.03. The first-order chi connectivity index (χ1) is 11.7. The molecule has 7 nitrogen and oxygen atoms in total. The van der Waals surface area contributed by atoms with E-state index in [0.29, 0.717) is 11.7 Å². The van der Waals surface area contributed by atoms with Crippen molar-refractivity contribution in [3.05, 3.63) is 48.3 Å². The van der Waals surface area contributed by atoms with Crippen molar-refractivity contribution >= 4 is 23.1 Å². The zero-order valence-electron chi connectivity index (χ0n) is 13.3. The van der Waals surface area contributed by atoms with Crippen molar-refractivity contribution in [2.45, 2.75) is 31.7 Å². The van der Waals surface area contributed by atoms with Gasteiger partial charge in [0, 0.05) is 11.6 Å². The number of para-hydroxylation sites is 1. The highest BCUT2D eigenvalue weighted by molar-refractivity contribution is 5.96. The molecule has 0 spiro atoms. The van der Waals surface area contributed by atoms with Crippen LogP contribution in [0.4, 0.5) is 11.5 Å². The summed E-state index contributed by atoms with van der Waals surface area (Å²) in [6, 6.07) is 12.6. The SMILES string of the molecule is CC(Nc1ccc2nnc(C3CC3)n2n1)C(=O)Nc1ccccc1. The van der Waals surface area contributed by atoms with Gasteiger partial charge in [0.1, 0.15) is 11.9 Å². The Morgan fingerprint density at radius 2 is 1.96 bits per heavy atom.